The maximum atomic E-state index is 12.0. The zero-order chi connectivity index (χ0) is 12.4. The van der Waals surface area contributed by atoms with E-state index in [0.717, 1.165) is 45.9 Å². The molecular formula is C13H23N3O2. The first kappa shape index (κ1) is 12.2. The van der Waals surface area contributed by atoms with Gasteiger partial charge in [0.05, 0.1) is 13.2 Å². The number of hydrogen-bond donors (Lipinski definition) is 1. The average molecular weight is 253 g/mol. The summed E-state index contributed by atoms with van der Waals surface area (Å²) in [6.07, 6.45) is 4.93. The van der Waals surface area contributed by atoms with Crippen molar-refractivity contribution >= 4 is 6.03 Å². The van der Waals surface area contributed by atoms with Crippen molar-refractivity contribution in [3.05, 3.63) is 0 Å². The van der Waals surface area contributed by atoms with E-state index in [0.29, 0.717) is 0 Å². The van der Waals surface area contributed by atoms with Gasteiger partial charge in [-0.1, -0.05) is 0 Å². The second-order valence-corrected chi connectivity index (χ2v) is 5.67. The lowest BCUT2D eigenvalue weighted by Crippen LogP contribution is -2.67. The maximum Gasteiger partial charge on any atom is 0.317 e. The average Bonchev–Trinajstić information content (AvgIpc) is 2.27. The van der Waals surface area contributed by atoms with Gasteiger partial charge in [0.2, 0.25) is 0 Å². The van der Waals surface area contributed by atoms with E-state index < -0.39 is 0 Å². The highest BCUT2D eigenvalue weighted by molar-refractivity contribution is 5.76. The molecule has 2 heterocycles. The van der Waals surface area contributed by atoms with Crippen LogP contribution in [0.1, 0.15) is 25.7 Å². The third kappa shape index (κ3) is 2.21. The summed E-state index contributed by atoms with van der Waals surface area (Å²) in [4.78, 5) is 16.4. The van der Waals surface area contributed by atoms with Crippen LogP contribution in [0.25, 0.3) is 0 Å². The Bertz CT molecular complexity index is 306. The number of amides is 2. The molecule has 1 aliphatic carbocycles. The fourth-order valence-corrected chi connectivity index (χ4v) is 3.20. The molecule has 1 spiro atoms. The monoisotopic (exact) mass is 253 g/mol. The number of ether oxygens (including phenoxy) is 1. The molecule has 1 saturated carbocycles. The normalized spacial score (nSPS) is 26.6. The van der Waals surface area contributed by atoms with Crippen LogP contribution < -0.4 is 5.32 Å². The quantitative estimate of drug-likeness (QED) is 0.803. The summed E-state index contributed by atoms with van der Waals surface area (Å²) >= 11 is 0. The molecule has 0 aromatic heterocycles. The highest BCUT2D eigenvalue weighted by atomic mass is 16.5. The molecule has 0 aromatic rings. The van der Waals surface area contributed by atoms with Crippen molar-refractivity contribution in [3.8, 4) is 0 Å². The smallest absolute Gasteiger partial charge is 0.317 e. The molecule has 0 unspecified atom stereocenters. The van der Waals surface area contributed by atoms with E-state index in [1.165, 1.54) is 25.7 Å². The summed E-state index contributed by atoms with van der Waals surface area (Å²) in [6, 6.07) is 0.147. The lowest BCUT2D eigenvalue weighted by molar-refractivity contribution is -0.0366. The summed E-state index contributed by atoms with van der Waals surface area (Å²) < 4.78 is 5.30. The van der Waals surface area contributed by atoms with Crippen LogP contribution in [0.4, 0.5) is 4.79 Å². The Morgan fingerprint density at radius 2 is 1.94 bits per heavy atom. The van der Waals surface area contributed by atoms with Crippen LogP contribution in [0.15, 0.2) is 0 Å². The minimum Gasteiger partial charge on any atom is -0.379 e. The molecule has 5 nitrogen and oxygen atoms in total. The molecule has 1 N–H and O–H groups in total. The summed E-state index contributed by atoms with van der Waals surface area (Å²) in [5, 5.41) is 3.06. The largest absolute Gasteiger partial charge is 0.379 e. The zero-order valence-electron chi connectivity index (χ0n) is 11.0. The number of nitrogens with zero attached hydrogens (tertiary/aromatic N) is 2. The molecule has 0 aromatic carbocycles. The van der Waals surface area contributed by atoms with Gasteiger partial charge in [-0.05, 0) is 25.7 Å². The summed E-state index contributed by atoms with van der Waals surface area (Å²) in [7, 11) is 0. The van der Waals surface area contributed by atoms with E-state index in [9.17, 15) is 4.79 Å². The van der Waals surface area contributed by atoms with Crippen molar-refractivity contribution in [1.29, 1.82) is 0 Å². The molecule has 2 aliphatic heterocycles. The molecule has 2 amide bonds. The van der Waals surface area contributed by atoms with Crippen LogP contribution in [-0.4, -0.2) is 67.3 Å². The summed E-state index contributed by atoms with van der Waals surface area (Å²) in [6.45, 7) is 6.27. The molecular weight excluding hydrogens is 230 g/mol. The molecule has 2 saturated heterocycles. The SMILES string of the molecule is O=C(NCCN1CCOCC1)N1CCC12CCC2. The molecule has 3 fully saturated rings. The molecule has 0 atom stereocenters. The van der Waals surface area contributed by atoms with Gasteiger partial charge in [-0.25, -0.2) is 4.79 Å². The van der Waals surface area contributed by atoms with Crippen LogP contribution in [0.2, 0.25) is 0 Å². The van der Waals surface area contributed by atoms with E-state index >= 15 is 0 Å². The van der Waals surface area contributed by atoms with E-state index in [2.05, 4.69) is 15.1 Å². The van der Waals surface area contributed by atoms with Crippen molar-refractivity contribution in [2.45, 2.75) is 31.2 Å². The Hall–Kier alpha value is -0.810. The van der Waals surface area contributed by atoms with E-state index in [1.807, 2.05) is 0 Å². The zero-order valence-corrected chi connectivity index (χ0v) is 11.0. The number of carbonyl (C=O) groups is 1. The van der Waals surface area contributed by atoms with E-state index in [-0.39, 0.29) is 11.6 Å². The lowest BCUT2D eigenvalue weighted by Gasteiger charge is -2.58. The topological polar surface area (TPSA) is 44.8 Å². The van der Waals surface area contributed by atoms with E-state index in [4.69, 9.17) is 4.74 Å². The van der Waals surface area contributed by atoms with Gasteiger partial charge in [-0.2, -0.15) is 0 Å². The van der Waals surface area contributed by atoms with Gasteiger partial charge in [0.1, 0.15) is 0 Å². The predicted molar refractivity (Wildman–Crippen MR) is 68.6 cm³/mol. The summed E-state index contributed by atoms with van der Waals surface area (Å²) in [5.74, 6) is 0. The minimum absolute atomic E-state index is 0.147. The minimum atomic E-state index is 0.147. The first-order valence-corrected chi connectivity index (χ1v) is 7.16. The van der Waals surface area contributed by atoms with Crippen molar-refractivity contribution in [2.24, 2.45) is 0 Å². The van der Waals surface area contributed by atoms with Crippen molar-refractivity contribution < 1.29 is 9.53 Å². The molecule has 102 valence electrons. The van der Waals surface area contributed by atoms with Crippen molar-refractivity contribution in [2.75, 3.05) is 45.9 Å². The van der Waals surface area contributed by atoms with Gasteiger partial charge < -0.3 is 15.0 Å². The van der Waals surface area contributed by atoms with Gasteiger partial charge in [0.25, 0.3) is 0 Å². The Kier molecular flexibility index (Phi) is 3.43. The van der Waals surface area contributed by atoms with Crippen molar-refractivity contribution in [3.63, 3.8) is 0 Å². The van der Waals surface area contributed by atoms with Gasteiger partial charge >= 0.3 is 6.03 Å². The number of rotatable bonds is 3. The fourth-order valence-electron chi connectivity index (χ4n) is 3.20. The first-order chi connectivity index (χ1) is 8.80. The second kappa shape index (κ2) is 5.05. The van der Waals surface area contributed by atoms with Crippen molar-refractivity contribution in [1.82, 2.24) is 15.1 Å². The molecule has 18 heavy (non-hydrogen) atoms. The van der Waals surface area contributed by atoms with Gasteiger partial charge in [0, 0.05) is 38.3 Å². The molecule has 5 heteroatoms. The molecule has 3 aliphatic rings. The van der Waals surface area contributed by atoms with E-state index in [1.54, 1.807) is 0 Å². The van der Waals surface area contributed by atoms with Crippen LogP contribution in [0, 0.1) is 0 Å². The maximum absolute atomic E-state index is 12.0. The predicted octanol–water partition coefficient (Wildman–Crippen LogP) is 0.657. The molecule has 0 radical (unpaired) electrons. The van der Waals surface area contributed by atoms with Gasteiger partial charge in [-0.15, -0.1) is 0 Å². The van der Waals surface area contributed by atoms with Crippen LogP contribution in [0.5, 0.6) is 0 Å². The Morgan fingerprint density at radius 1 is 1.17 bits per heavy atom. The van der Waals surface area contributed by atoms with Crippen LogP contribution in [-0.2, 0) is 4.74 Å². The highest BCUT2D eigenvalue weighted by Crippen LogP contribution is 2.46. The first-order valence-electron chi connectivity index (χ1n) is 7.16. The number of carbonyl (C=O) groups excluding carboxylic acids is 1. The Morgan fingerprint density at radius 3 is 2.50 bits per heavy atom. The standard InChI is InChI=1S/C13H23N3O2/c17-12(16-6-4-13(16)2-1-3-13)14-5-7-15-8-10-18-11-9-15/h1-11H2,(H,14,17). The number of hydrogen-bond acceptors (Lipinski definition) is 3. The third-order valence-electron chi connectivity index (χ3n) is 4.71. The number of nitrogens with one attached hydrogen (secondary N) is 1. The number of likely N-dealkylation sites (tertiary alicyclic amines) is 1. The fraction of sp³-hybridized carbons (Fsp3) is 0.923. The van der Waals surface area contributed by atoms with Gasteiger partial charge in [0.15, 0.2) is 0 Å². The Labute approximate surface area is 108 Å². The van der Waals surface area contributed by atoms with Gasteiger partial charge in [-0.3, -0.25) is 4.90 Å². The Balaban J connectivity index is 1.36. The highest BCUT2D eigenvalue weighted by Gasteiger charge is 2.51. The number of morpholine rings is 1. The van der Waals surface area contributed by atoms with Crippen LogP contribution >= 0.6 is 0 Å². The third-order valence-corrected chi connectivity index (χ3v) is 4.71. The molecule has 0 bridgehead atoms. The lowest BCUT2D eigenvalue weighted by atomic mass is 9.68. The summed E-state index contributed by atoms with van der Waals surface area (Å²) in [5.41, 5.74) is 0.267. The molecule has 3 rings (SSSR count). The second-order valence-electron chi connectivity index (χ2n) is 5.67. The van der Waals surface area contributed by atoms with Crippen LogP contribution in [0.3, 0.4) is 0 Å². The number of urea groups is 1.